The molecule has 6 nitrogen and oxygen atoms in total. The summed E-state index contributed by atoms with van der Waals surface area (Å²) in [6, 6.07) is 14.5. The number of carbonyl (C=O) groups is 1. The van der Waals surface area contributed by atoms with Crippen molar-refractivity contribution >= 4 is 34.4 Å². The summed E-state index contributed by atoms with van der Waals surface area (Å²) >= 11 is 1.31. The van der Waals surface area contributed by atoms with Crippen molar-refractivity contribution < 1.29 is 9.90 Å². The van der Waals surface area contributed by atoms with Gasteiger partial charge in [-0.1, -0.05) is 36.0 Å². The van der Waals surface area contributed by atoms with Crippen molar-refractivity contribution in [1.82, 2.24) is 15.4 Å². The van der Waals surface area contributed by atoms with E-state index in [0.29, 0.717) is 16.4 Å². The van der Waals surface area contributed by atoms with E-state index >= 15 is 0 Å². The molecule has 0 aliphatic heterocycles. The molecule has 0 radical (unpaired) electrons. The van der Waals surface area contributed by atoms with Gasteiger partial charge in [0.25, 0.3) is 5.91 Å². The summed E-state index contributed by atoms with van der Waals surface area (Å²) in [5, 5.41) is 14.5. The SMILES string of the molecule is C/C(=N\NC(=O)CSc1nc2ccccc2[nH]1)c1ccccc1O. The molecule has 0 atom stereocenters. The van der Waals surface area contributed by atoms with Gasteiger partial charge in [0, 0.05) is 5.56 Å². The van der Waals surface area contributed by atoms with E-state index in [1.807, 2.05) is 24.3 Å². The maximum Gasteiger partial charge on any atom is 0.250 e. The lowest BCUT2D eigenvalue weighted by Gasteiger charge is -2.04. The fraction of sp³-hybridized carbons (Fsp3) is 0.118. The summed E-state index contributed by atoms with van der Waals surface area (Å²) in [6.45, 7) is 1.72. The number of nitrogens with zero attached hydrogens (tertiary/aromatic N) is 2. The van der Waals surface area contributed by atoms with Gasteiger partial charge in [-0.3, -0.25) is 4.79 Å². The lowest BCUT2D eigenvalue weighted by Crippen LogP contribution is -2.21. The van der Waals surface area contributed by atoms with Gasteiger partial charge in [-0.2, -0.15) is 5.10 Å². The Morgan fingerprint density at radius 1 is 1.25 bits per heavy atom. The van der Waals surface area contributed by atoms with Gasteiger partial charge in [-0.25, -0.2) is 10.4 Å². The highest BCUT2D eigenvalue weighted by molar-refractivity contribution is 7.99. The summed E-state index contributed by atoms with van der Waals surface area (Å²) < 4.78 is 0. The van der Waals surface area contributed by atoms with Gasteiger partial charge in [0.15, 0.2) is 5.16 Å². The molecular formula is C17H16N4O2S. The molecule has 7 heteroatoms. The number of phenols is 1. The summed E-state index contributed by atoms with van der Waals surface area (Å²) in [5.74, 6) is 0.0806. The molecule has 0 aliphatic rings. The number of carbonyl (C=O) groups excluding carboxylic acids is 1. The number of aromatic hydroxyl groups is 1. The number of hydrogen-bond donors (Lipinski definition) is 3. The van der Waals surface area contributed by atoms with Crippen LogP contribution in [0.25, 0.3) is 11.0 Å². The third kappa shape index (κ3) is 3.75. The zero-order valence-corrected chi connectivity index (χ0v) is 13.8. The number of imidazole rings is 1. The molecule has 1 amide bonds. The maximum atomic E-state index is 11.9. The van der Waals surface area contributed by atoms with Crippen LogP contribution < -0.4 is 5.43 Å². The van der Waals surface area contributed by atoms with Crippen molar-refractivity contribution in [1.29, 1.82) is 0 Å². The largest absolute Gasteiger partial charge is 0.507 e. The molecule has 0 aliphatic carbocycles. The van der Waals surface area contributed by atoms with Crippen LogP contribution in [-0.4, -0.2) is 32.4 Å². The van der Waals surface area contributed by atoms with Gasteiger partial charge in [-0.05, 0) is 31.2 Å². The van der Waals surface area contributed by atoms with Gasteiger partial charge in [0.2, 0.25) is 0 Å². The third-order valence-corrected chi connectivity index (χ3v) is 4.22. The van der Waals surface area contributed by atoms with E-state index < -0.39 is 0 Å². The monoisotopic (exact) mass is 340 g/mol. The smallest absolute Gasteiger partial charge is 0.250 e. The Morgan fingerprint density at radius 2 is 2.00 bits per heavy atom. The predicted molar refractivity (Wildman–Crippen MR) is 95.3 cm³/mol. The minimum Gasteiger partial charge on any atom is -0.507 e. The number of H-pyrrole nitrogens is 1. The van der Waals surface area contributed by atoms with Crippen molar-refractivity contribution in [3.8, 4) is 5.75 Å². The summed E-state index contributed by atoms with van der Waals surface area (Å²) in [6.07, 6.45) is 0. The Balaban J connectivity index is 1.57. The Kier molecular flexibility index (Phi) is 4.81. The zero-order chi connectivity index (χ0) is 16.9. The second-order valence-electron chi connectivity index (χ2n) is 5.10. The first-order valence-corrected chi connectivity index (χ1v) is 8.31. The molecule has 2 aromatic carbocycles. The van der Waals surface area contributed by atoms with Crippen LogP contribution in [0.15, 0.2) is 58.8 Å². The molecule has 0 unspecified atom stereocenters. The fourth-order valence-electron chi connectivity index (χ4n) is 2.15. The van der Waals surface area contributed by atoms with Crippen molar-refractivity contribution in [2.45, 2.75) is 12.1 Å². The van der Waals surface area contributed by atoms with E-state index in [2.05, 4.69) is 20.5 Å². The standard InChI is InChI=1S/C17H16N4O2S/c1-11(12-6-2-5-9-15(12)22)20-21-16(23)10-24-17-18-13-7-3-4-8-14(13)19-17/h2-9,22H,10H2,1H3,(H,18,19)(H,21,23)/b20-11+. The topological polar surface area (TPSA) is 90.4 Å². The first kappa shape index (κ1) is 16.1. The molecule has 3 N–H and O–H groups in total. The highest BCUT2D eigenvalue weighted by atomic mass is 32.2. The minimum absolute atomic E-state index is 0.129. The molecule has 3 aromatic rings. The van der Waals surface area contributed by atoms with Crippen LogP contribution in [0, 0.1) is 0 Å². The Hall–Kier alpha value is -2.80. The molecule has 122 valence electrons. The Morgan fingerprint density at radius 3 is 2.79 bits per heavy atom. The third-order valence-electron chi connectivity index (χ3n) is 3.35. The van der Waals surface area contributed by atoms with Crippen LogP contribution in [0.5, 0.6) is 5.75 Å². The number of aromatic nitrogens is 2. The van der Waals surface area contributed by atoms with E-state index in [-0.39, 0.29) is 17.4 Å². The zero-order valence-electron chi connectivity index (χ0n) is 13.0. The number of aromatic amines is 1. The number of rotatable bonds is 5. The summed E-state index contributed by atoms with van der Waals surface area (Å²) in [7, 11) is 0. The number of benzene rings is 2. The molecule has 0 saturated heterocycles. The number of fused-ring (bicyclic) bond motifs is 1. The van der Waals surface area contributed by atoms with E-state index in [0.717, 1.165) is 11.0 Å². The molecule has 0 fully saturated rings. The van der Waals surface area contributed by atoms with E-state index in [1.165, 1.54) is 11.8 Å². The lowest BCUT2D eigenvalue weighted by molar-refractivity contribution is -0.118. The van der Waals surface area contributed by atoms with Gasteiger partial charge in [0.05, 0.1) is 22.5 Å². The number of thioether (sulfide) groups is 1. The predicted octanol–water partition coefficient (Wildman–Crippen LogP) is 2.90. The van der Waals surface area contributed by atoms with Crippen LogP contribution in [0.3, 0.4) is 0 Å². The first-order chi connectivity index (χ1) is 11.6. The van der Waals surface area contributed by atoms with E-state index in [4.69, 9.17) is 0 Å². The van der Waals surface area contributed by atoms with Gasteiger partial charge in [0.1, 0.15) is 5.75 Å². The molecule has 0 bridgehead atoms. The van der Waals surface area contributed by atoms with Crippen LogP contribution in [0.4, 0.5) is 0 Å². The number of amides is 1. The molecule has 24 heavy (non-hydrogen) atoms. The van der Waals surface area contributed by atoms with Crippen molar-refractivity contribution in [2.24, 2.45) is 5.10 Å². The number of phenolic OH excluding ortho intramolecular Hbond substituents is 1. The number of nitrogens with one attached hydrogen (secondary N) is 2. The lowest BCUT2D eigenvalue weighted by atomic mass is 10.1. The van der Waals surface area contributed by atoms with Crippen LogP contribution in [0.1, 0.15) is 12.5 Å². The van der Waals surface area contributed by atoms with Crippen LogP contribution >= 0.6 is 11.8 Å². The van der Waals surface area contributed by atoms with Gasteiger partial charge >= 0.3 is 0 Å². The summed E-state index contributed by atoms with van der Waals surface area (Å²) in [5.41, 5.74) is 5.42. The fourth-order valence-corrected chi connectivity index (χ4v) is 2.83. The van der Waals surface area contributed by atoms with E-state index in [9.17, 15) is 9.90 Å². The van der Waals surface area contributed by atoms with Crippen molar-refractivity contribution in [3.63, 3.8) is 0 Å². The molecule has 3 rings (SSSR count). The highest BCUT2D eigenvalue weighted by Crippen LogP contribution is 2.19. The van der Waals surface area contributed by atoms with Gasteiger partial charge < -0.3 is 10.1 Å². The van der Waals surface area contributed by atoms with Crippen molar-refractivity contribution in [2.75, 3.05) is 5.75 Å². The number of para-hydroxylation sites is 3. The normalized spacial score (nSPS) is 11.6. The number of hydrazone groups is 1. The Bertz CT molecular complexity index is 871. The average molecular weight is 340 g/mol. The highest BCUT2D eigenvalue weighted by Gasteiger charge is 2.07. The van der Waals surface area contributed by atoms with Crippen LogP contribution in [-0.2, 0) is 4.79 Å². The molecular weight excluding hydrogens is 324 g/mol. The van der Waals surface area contributed by atoms with E-state index in [1.54, 1.807) is 31.2 Å². The molecule has 1 aromatic heterocycles. The first-order valence-electron chi connectivity index (χ1n) is 7.32. The minimum atomic E-state index is -0.241. The second-order valence-corrected chi connectivity index (χ2v) is 6.06. The molecule has 1 heterocycles. The second kappa shape index (κ2) is 7.18. The maximum absolute atomic E-state index is 11.9. The number of hydrogen-bond acceptors (Lipinski definition) is 5. The molecule has 0 saturated carbocycles. The van der Waals surface area contributed by atoms with Crippen molar-refractivity contribution in [3.05, 3.63) is 54.1 Å². The molecule has 0 spiro atoms. The van der Waals surface area contributed by atoms with Crippen LogP contribution in [0.2, 0.25) is 0 Å². The quantitative estimate of drug-likeness (QED) is 0.378. The van der Waals surface area contributed by atoms with Gasteiger partial charge in [-0.15, -0.1) is 0 Å². The average Bonchev–Trinajstić information content (AvgIpc) is 3.01. The Labute approximate surface area is 143 Å². The summed E-state index contributed by atoms with van der Waals surface area (Å²) in [4.78, 5) is 19.5.